The van der Waals surface area contributed by atoms with Crippen LogP contribution in [0.5, 0.6) is 0 Å². The Bertz CT molecular complexity index is 1000. The zero-order valence-corrected chi connectivity index (χ0v) is 14.5. The number of hydrogen-bond donors (Lipinski definition) is 1. The normalized spacial score (nSPS) is 11.5. The van der Waals surface area contributed by atoms with Crippen molar-refractivity contribution >= 4 is 27.3 Å². The van der Waals surface area contributed by atoms with Gasteiger partial charge in [0.05, 0.1) is 16.3 Å². The lowest BCUT2D eigenvalue weighted by Crippen LogP contribution is -2.13. The molecule has 0 aliphatic rings. The maximum absolute atomic E-state index is 12.5. The molecule has 0 aliphatic heterocycles. The number of aromatic nitrogens is 4. The molecule has 0 spiro atoms. The molecule has 0 aliphatic carbocycles. The van der Waals surface area contributed by atoms with Crippen LogP contribution in [0.4, 0.5) is 5.69 Å². The summed E-state index contributed by atoms with van der Waals surface area (Å²) in [6.45, 7) is 3.56. The minimum absolute atomic E-state index is 0.0992. The fourth-order valence-corrected chi connectivity index (χ4v) is 3.45. The number of halogens is 1. The average Bonchev–Trinajstić information content (AvgIpc) is 2.96. The van der Waals surface area contributed by atoms with E-state index in [1.807, 2.05) is 6.92 Å². The van der Waals surface area contributed by atoms with Gasteiger partial charge in [-0.3, -0.25) is 4.72 Å². The van der Waals surface area contributed by atoms with Gasteiger partial charge in [-0.1, -0.05) is 23.7 Å². The molecule has 0 fully saturated rings. The smallest absolute Gasteiger partial charge is 0.261 e. The molecule has 1 heterocycles. The van der Waals surface area contributed by atoms with Crippen molar-refractivity contribution in [3.63, 3.8) is 0 Å². The minimum atomic E-state index is -3.74. The molecule has 0 bridgehead atoms. The van der Waals surface area contributed by atoms with Crippen LogP contribution in [0, 0.1) is 13.8 Å². The molecule has 1 N–H and O–H groups in total. The molecule has 0 saturated heterocycles. The predicted molar refractivity (Wildman–Crippen MR) is 90.9 cm³/mol. The first-order valence-electron chi connectivity index (χ1n) is 7.01. The van der Waals surface area contributed by atoms with Gasteiger partial charge in [-0.05, 0) is 60.2 Å². The Hall–Kier alpha value is -2.45. The third kappa shape index (κ3) is 3.24. The van der Waals surface area contributed by atoms with Crippen LogP contribution in [-0.2, 0) is 10.0 Å². The summed E-state index contributed by atoms with van der Waals surface area (Å²) < 4.78 is 29.1. The maximum Gasteiger partial charge on any atom is 0.261 e. The van der Waals surface area contributed by atoms with Crippen LogP contribution in [-0.4, -0.2) is 28.6 Å². The van der Waals surface area contributed by atoms with Gasteiger partial charge in [0.15, 0.2) is 5.82 Å². The Morgan fingerprint density at radius 3 is 2.58 bits per heavy atom. The molecule has 0 atom stereocenters. The zero-order valence-electron chi connectivity index (χ0n) is 12.9. The number of nitrogens with one attached hydrogen (secondary N) is 1. The topological polar surface area (TPSA) is 89.8 Å². The molecule has 3 aromatic rings. The number of aryl methyl sites for hydroxylation is 2. The van der Waals surface area contributed by atoms with Gasteiger partial charge in [0, 0.05) is 5.02 Å². The van der Waals surface area contributed by atoms with Crippen molar-refractivity contribution in [2.45, 2.75) is 18.7 Å². The lowest BCUT2D eigenvalue weighted by Gasteiger charge is -2.10. The number of benzene rings is 2. The number of nitrogens with zero attached hydrogens (tertiary/aromatic N) is 4. The monoisotopic (exact) mass is 363 g/mol. The van der Waals surface area contributed by atoms with Crippen molar-refractivity contribution in [3.05, 3.63) is 58.9 Å². The fourth-order valence-electron chi connectivity index (χ4n) is 2.13. The minimum Gasteiger partial charge on any atom is -0.280 e. The van der Waals surface area contributed by atoms with Gasteiger partial charge in [-0.2, -0.15) is 4.68 Å². The van der Waals surface area contributed by atoms with E-state index < -0.39 is 10.0 Å². The molecular formula is C15H14ClN5O2S. The van der Waals surface area contributed by atoms with Gasteiger partial charge in [0.2, 0.25) is 0 Å². The van der Waals surface area contributed by atoms with Gasteiger partial charge in [0.25, 0.3) is 10.0 Å². The van der Waals surface area contributed by atoms with Crippen LogP contribution in [0.2, 0.25) is 5.02 Å². The van der Waals surface area contributed by atoms with E-state index in [0.717, 1.165) is 5.56 Å². The average molecular weight is 364 g/mol. The lowest BCUT2D eigenvalue weighted by molar-refractivity contribution is 0.601. The third-order valence-electron chi connectivity index (χ3n) is 3.42. The lowest BCUT2D eigenvalue weighted by atomic mass is 10.2. The van der Waals surface area contributed by atoms with E-state index >= 15 is 0 Å². The Labute approximate surface area is 144 Å². The molecule has 0 saturated carbocycles. The highest BCUT2D eigenvalue weighted by Crippen LogP contribution is 2.23. The number of sulfonamides is 1. The third-order valence-corrected chi connectivity index (χ3v) is 5.21. The Kier molecular flexibility index (Phi) is 4.25. The summed E-state index contributed by atoms with van der Waals surface area (Å²) in [4.78, 5) is 0.0992. The molecule has 124 valence electrons. The molecule has 0 unspecified atom stereocenters. The summed E-state index contributed by atoms with van der Waals surface area (Å²) in [6.07, 6.45) is 0. The van der Waals surface area contributed by atoms with Crippen molar-refractivity contribution in [2.24, 2.45) is 0 Å². The van der Waals surface area contributed by atoms with Crippen LogP contribution < -0.4 is 4.72 Å². The number of tetrazole rings is 1. The molecular weight excluding hydrogens is 350 g/mol. The van der Waals surface area contributed by atoms with E-state index in [0.29, 0.717) is 22.2 Å². The molecule has 0 amide bonds. The van der Waals surface area contributed by atoms with Crippen molar-refractivity contribution in [2.75, 3.05) is 4.72 Å². The van der Waals surface area contributed by atoms with E-state index in [9.17, 15) is 8.42 Å². The van der Waals surface area contributed by atoms with Crippen LogP contribution in [0.25, 0.3) is 5.69 Å². The second kappa shape index (κ2) is 6.21. The first kappa shape index (κ1) is 16.4. The zero-order chi connectivity index (χ0) is 17.3. The van der Waals surface area contributed by atoms with E-state index in [1.54, 1.807) is 37.3 Å². The number of anilines is 1. The van der Waals surface area contributed by atoms with E-state index in [2.05, 4.69) is 20.2 Å². The summed E-state index contributed by atoms with van der Waals surface area (Å²) >= 11 is 6.02. The summed E-state index contributed by atoms with van der Waals surface area (Å²) in [5.41, 5.74) is 1.87. The highest BCUT2D eigenvalue weighted by molar-refractivity contribution is 7.92. The first-order chi connectivity index (χ1) is 11.4. The molecule has 24 heavy (non-hydrogen) atoms. The molecule has 0 radical (unpaired) electrons. The number of hydrogen-bond acceptors (Lipinski definition) is 5. The summed E-state index contributed by atoms with van der Waals surface area (Å²) in [5.74, 6) is 0.598. The highest BCUT2D eigenvalue weighted by Gasteiger charge is 2.16. The second-order valence-electron chi connectivity index (χ2n) is 5.20. The van der Waals surface area contributed by atoms with E-state index in [4.69, 9.17) is 11.6 Å². The van der Waals surface area contributed by atoms with Crippen molar-refractivity contribution < 1.29 is 8.42 Å². The standard InChI is InChI=1S/C15H14ClN5O2S/c1-10-6-7-14(9-15(10)16)24(22,23)18-12-4-3-5-13(8-12)21-11(2)17-19-20-21/h3-9,18H,1-2H3. The fraction of sp³-hybridized carbons (Fsp3) is 0.133. The van der Waals surface area contributed by atoms with Crippen molar-refractivity contribution in [1.82, 2.24) is 20.2 Å². The maximum atomic E-state index is 12.5. The predicted octanol–water partition coefficient (Wildman–Crippen LogP) is 2.73. The van der Waals surface area contributed by atoms with Gasteiger partial charge in [-0.15, -0.1) is 5.10 Å². The summed E-state index contributed by atoms with van der Waals surface area (Å²) in [6, 6.07) is 11.4. The molecule has 3 rings (SSSR count). The second-order valence-corrected chi connectivity index (χ2v) is 7.29. The number of rotatable bonds is 4. The van der Waals surface area contributed by atoms with Crippen molar-refractivity contribution in [3.8, 4) is 5.69 Å². The van der Waals surface area contributed by atoms with E-state index in [1.165, 1.54) is 16.8 Å². The van der Waals surface area contributed by atoms with Crippen LogP contribution in [0.15, 0.2) is 47.4 Å². The van der Waals surface area contributed by atoms with Gasteiger partial charge in [-0.25, -0.2) is 8.42 Å². The SMILES string of the molecule is Cc1ccc(S(=O)(=O)Nc2cccc(-n3nnnc3C)c2)cc1Cl. The van der Waals surface area contributed by atoms with Crippen LogP contribution in [0.1, 0.15) is 11.4 Å². The molecule has 7 nitrogen and oxygen atoms in total. The van der Waals surface area contributed by atoms with Gasteiger partial charge < -0.3 is 0 Å². The molecule has 2 aromatic carbocycles. The van der Waals surface area contributed by atoms with E-state index in [-0.39, 0.29) is 4.90 Å². The molecule has 9 heteroatoms. The Morgan fingerprint density at radius 2 is 1.92 bits per heavy atom. The van der Waals surface area contributed by atoms with Crippen LogP contribution in [0.3, 0.4) is 0 Å². The Morgan fingerprint density at radius 1 is 1.12 bits per heavy atom. The molecule has 1 aromatic heterocycles. The van der Waals surface area contributed by atoms with Crippen LogP contribution >= 0.6 is 11.6 Å². The summed E-state index contributed by atoms with van der Waals surface area (Å²) in [7, 11) is -3.74. The van der Waals surface area contributed by atoms with Gasteiger partial charge in [0.1, 0.15) is 0 Å². The quantitative estimate of drug-likeness (QED) is 0.769. The highest BCUT2D eigenvalue weighted by atomic mass is 35.5. The first-order valence-corrected chi connectivity index (χ1v) is 8.87. The van der Waals surface area contributed by atoms with Gasteiger partial charge >= 0.3 is 0 Å². The van der Waals surface area contributed by atoms with Crippen molar-refractivity contribution in [1.29, 1.82) is 0 Å². The Balaban J connectivity index is 1.93. The largest absolute Gasteiger partial charge is 0.280 e. The summed E-state index contributed by atoms with van der Waals surface area (Å²) in [5, 5.41) is 11.7.